The van der Waals surface area contributed by atoms with Crippen molar-refractivity contribution < 1.29 is 19.6 Å². The molecule has 5 atom stereocenters. The topological polar surface area (TPSA) is 78.8 Å². The Balaban J connectivity index is 1.61. The zero-order valence-corrected chi connectivity index (χ0v) is 15.7. The lowest BCUT2D eigenvalue weighted by Gasteiger charge is -2.24. The van der Waals surface area contributed by atoms with Gasteiger partial charge in [0.15, 0.2) is 0 Å². The molecule has 1 amide bonds. The lowest BCUT2D eigenvalue weighted by molar-refractivity contribution is -0.126. The minimum absolute atomic E-state index is 0.0279. The van der Waals surface area contributed by atoms with E-state index in [9.17, 15) is 14.8 Å². The highest BCUT2D eigenvalue weighted by molar-refractivity contribution is 6.43. The van der Waals surface area contributed by atoms with E-state index < -0.39 is 13.1 Å². The first-order chi connectivity index (χ1) is 12.5. The second-order valence-electron chi connectivity index (χ2n) is 8.02. The molecule has 1 fully saturated rings. The van der Waals surface area contributed by atoms with Crippen LogP contribution < -0.4 is 10.1 Å². The number of amides is 1. The number of hydrogen-bond acceptors (Lipinski definition) is 4. The van der Waals surface area contributed by atoms with Gasteiger partial charge in [-0.3, -0.25) is 4.79 Å². The predicted molar refractivity (Wildman–Crippen MR) is 102 cm³/mol. The van der Waals surface area contributed by atoms with Crippen LogP contribution in [0.2, 0.25) is 0 Å². The average Bonchev–Trinajstić information content (AvgIpc) is 3.18. The molecule has 0 saturated heterocycles. The average molecular weight is 359 g/mol. The van der Waals surface area contributed by atoms with Gasteiger partial charge in [0.05, 0.1) is 12.5 Å². The molecule has 3 rings (SSSR count). The number of fused-ring (bicyclic) bond motifs is 1. The van der Waals surface area contributed by atoms with Crippen LogP contribution in [0.1, 0.15) is 57.4 Å². The first-order valence-corrected chi connectivity index (χ1v) is 9.87. The summed E-state index contributed by atoms with van der Waals surface area (Å²) in [4.78, 5) is 12.8. The van der Waals surface area contributed by atoms with Gasteiger partial charge in [0, 0.05) is 17.4 Å². The molecule has 0 unspecified atom stereocenters. The fourth-order valence-corrected chi connectivity index (χ4v) is 4.66. The highest BCUT2D eigenvalue weighted by Gasteiger charge is 2.39. The Morgan fingerprint density at radius 2 is 2.12 bits per heavy atom. The fourth-order valence-electron chi connectivity index (χ4n) is 4.66. The first-order valence-electron chi connectivity index (χ1n) is 9.87. The molecule has 1 aliphatic heterocycles. The lowest BCUT2D eigenvalue weighted by atomic mass is 9.73. The normalized spacial score (nSPS) is 28.3. The Bertz CT molecular complexity index is 624. The maximum absolute atomic E-state index is 12.8. The van der Waals surface area contributed by atoms with E-state index in [2.05, 4.69) is 19.2 Å². The van der Waals surface area contributed by atoms with Crippen molar-refractivity contribution in [1.29, 1.82) is 0 Å². The minimum atomic E-state index is -1.57. The van der Waals surface area contributed by atoms with Crippen LogP contribution in [0.15, 0.2) is 24.3 Å². The van der Waals surface area contributed by atoms with Crippen molar-refractivity contribution in [3.63, 3.8) is 0 Å². The number of rotatable bonds is 7. The first kappa shape index (κ1) is 19.2. The van der Waals surface area contributed by atoms with Crippen LogP contribution in [0.25, 0.3) is 0 Å². The Kier molecular flexibility index (Phi) is 6.25. The molecule has 3 N–H and O–H groups in total. The van der Waals surface area contributed by atoms with E-state index in [4.69, 9.17) is 4.74 Å². The maximum Gasteiger partial charge on any atom is 0.475 e. The summed E-state index contributed by atoms with van der Waals surface area (Å²) in [5.74, 6) is 1.12. The number of nitrogens with one attached hydrogen (secondary N) is 1. The summed E-state index contributed by atoms with van der Waals surface area (Å²) in [6.07, 6.45) is 4.76. The third-order valence-electron chi connectivity index (χ3n) is 6.04. The van der Waals surface area contributed by atoms with E-state index >= 15 is 0 Å². The molecule has 0 spiro atoms. The van der Waals surface area contributed by atoms with E-state index in [1.165, 1.54) is 0 Å². The third-order valence-corrected chi connectivity index (χ3v) is 6.04. The Morgan fingerprint density at radius 1 is 1.35 bits per heavy atom. The standard InChI is InChI=1S/C20H30BNO4/c1-3-6-14-9-13(2)17(10-14)20(23)22-19(21(24)25)11-15-12-26-18-8-5-4-7-16(15)18/h4-5,7-8,13-15,17,19,24-25H,3,6,9-12H2,1-2H3,(H,22,23)/t13-,14+,15-,17-,19+/m1/s1. The summed E-state index contributed by atoms with van der Waals surface area (Å²) in [6.45, 7) is 4.82. The molecule has 2 aliphatic rings. The predicted octanol–water partition coefficient (Wildman–Crippen LogP) is 2.51. The second kappa shape index (κ2) is 8.44. The molecule has 1 aromatic rings. The zero-order valence-electron chi connectivity index (χ0n) is 15.7. The molecule has 26 heavy (non-hydrogen) atoms. The molecule has 1 aliphatic carbocycles. The summed E-state index contributed by atoms with van der Waals surface area (Å²) < 4.78 is 5.68. The molecule has 5 nitrogen and oxygen atoms in total. The summed E-state index contributed by atoms with van der Waals surface area (Å²) in [5, 5.41) is 22.5. The monoisotopic (exact) mass is 359 g/mol. The van der Waals surface area contributed by atoms with E-state index in [1.54, 1.807) is 0 Å². The van der Waals surface area contributed by atoms with Gasteiger partial charge in [-0.25, -0.2) is 0 Å². The van der Waals surface area contributed by atoms with Crippen molar-refractivity contribution >= 4 is 13.0 Å². The van der Waals surface area contributed by atoms with Gasteiger partial charge >= 0.3 is 7.12 Å². The molecule has 0 aromatic heterocycles. The fraction of sp³-hybridized carbons (Fsp3) is 0.650. The van der Waals surface area contributed by atoms with Crippen molar-refractivity contribution in [3.8, 4) is 5.75 Å². The van der Waals surface area contributed by atoms with Crippen LogP contribution in [-0.4, -0.2) is 35.6 Å². The van der Waals surface area contributed by atoms with Gasteiger partial charge in [-0.05, 0) is 37.2 Å². The molecule has 1 aromatic carbocycles. The molecule has 0 bridgehead atoms. The van der Waals surface area contributed by atoms with Crippen molar-refractivity contribution in [3.05, 3.63) is 29.8 Å². The molecule has 1 saturated carbocycles. The van der Waals surface area contributed by atoms with Crippen molar-refractivity contribution in [2.75, 3.05) is 6.61 Å². The summed E-state index contributed by atoms with van der Waals surface area (Å²) in [5.41, 5.74) is 1.07. The smallest absolute Gasteiger partial charge is 0.475 e. The summed E-state index contributed by atoms with van der Waals surface area (Å²) in [6, 6.07) is 7.81. The van der Waals surface area contributed by atoms with Crippen LogP contribution in [0.3, 0.4) is 0 Å². The number of carbonyl (C=O) groups is 1. The zero-order chi connectivity index (χ0) is 18.7. The molecule has 1 heterocycles. The molecular weight excluding hydrogens is 329 g/mol. The third kappa shape index (κ3) is 4.23. The van der Waals surface area contributed by atoms with Gasteiger partial charge in [-0.1, -0.05) is 44.9 Å². The van der Waals surface area contributed by atoms with Crippen molar-refractivity contribution in [2.24, 2.45) is 17.8 Å². The number of hydrogen-bond donors (Lipinski definition) is 3. The van der Waals surface area contributed by atoms with Gasteiger partial charge in [0.25, 0.3) is 0 Å². The second-order valence-corrected chi connectivity index (χ2v) is 8.02. The Labute approximate surface area is 156 Å². The van der Waals surface area contributed by atoms with Crippen LogP contribution in [0, 0.1) is 17.8 Å². The Morgan fingerprint density at radius 3 is 2.85 bits per heavy atom. The maximum atomic E-state index is 12.8. The van der Waals surface area contributed by atoms with Gasteiger partial charge in [-0.15, -0.1) is 0 Å². The van der Waals surface area contributed by atoms with Gasteiger partial charge in [0.2, 0.25) is 5.91 Å². The molecular formula is C20H30BNO4. The van der Waals surface area contributed by atoms with Crippen LogP contribution in [0.5, 0.6) is 5.75 Å². The highest BCUT2D eigenvalue weighted by atomic mass is 16.5. The van der Waals surface area contributed by atoms with E-state index in [0.717, 1.165) is 37.0 Å². The van der Waals surface area contributed by atoms with Crippen LogP contribution in [-0.2, 0) is 4.79 Å². The summed E-state index contributed by atoms with van der Waals surface area (Å²) >= 11 is 0. The van der Waals surface area contributed by atoms with Gasteiger partial charge < -0.3 is 20.1 Å². The molecule has 6 heteroatoms. The largest absolute Gasteiger partial charge is 0.493 e. The number of benzene rings is 1. The quantitative estimate of drug-likeness (QED) is 0.654. The SMILES string of the molecule is CCC[C@H]1C[C@@H](C)[C@H](C(=O)N[C@@H](C[C@@H]2COc3ccccc32)B(O)O)C1. The van der Waals surface area contributed by atoms with Crippen LogP contribution >= 0.6 is 0 Å². The summed E-state index contributed by atoms with van der Waals surface area (Å²) in [7, 11) is -1.57. The van der Waals surface area contributed by atoms with Crippen molar-refractivity contribution in [2.45, 2.75) is 57.8 Å². The number of para-hydroxylation sites is 1. The van der Waals surface area contributed by atoms with Gasteiger partial charge in [-0.2, -0.15) is 0 Å². The van der Waals surface area contributed by atoms with E-state index in [1.807, 2.05) is 24.3 Å². The van der Waals surface area contributed by atoms with Crippen LogP contribution in [0.4, 0.5) is 0 Å². The minimum Gasteiger partial charge on any atom is -0.493 e. The highest BCUT2D eigenvalue weighted by Crippen LogP contribution is 2.39. The van der Waals surface area contributed by atoms with E-state index in [0.29, 0.717) is 24.9 Å². The molecule has 142 valence electrons. The molecule has 0 radical (unpaired) electrons. The van der Waals surface area contributed by atoms with Gasteiger partial charge in [0.1, 0.15) is 5.75 Å². The van der Waals surface area contributed by atoms with E-state index in [-0.39, 0.29) is 17.7 Å². The number of ether oxygens (including phenoxy) is 1. The lowest BCUT2D eigenvalue weighted by Crippen LogP contribution is -2.49. The Hall–Kier alpha value is -1.53. The number of carbonyl (C=O) groups excluding carboxylic acids is 1. The van der Waals surface area contributed by atoms with Crippen molar-refractivity contribution in [1.82, 2.24) is 5.32 Å².